The fourth-order valence-corrected chi connectivity index (χ4v) is 3.88. The smallest absolute Gasteiger partial charge is 0.161 e. The second-order valence-electron chi connectivity index (χ2n) is 6.05. The first-order chi connectivity index (χ1) is 9.67. The number of methoxy groups -OCH3 is 1. The molecular formula is C17H23NO2. The molecule has 1 N–H and O–H groups in total. The number of allylic oxidation sites excluding steroid dienone is 1. The summed E-state index contributed by atoms with van der Waals surface area (Å²) in [4.78, 5) is 2.38. The quantitative estimate of drug-likeness (QED) is 0.841. The summed E-state index contributed by atoms with van der Waals surface area (Å²) in [6.07, 6.45) is 6.98. The van der Waals surface area contributed by atoms with Gasteiger partial charge in [-0.2, -0.15) is 0 Å². The minimum atomic E-state index is -0.0239. The highest BCUT2D eigenvalue weighted by molar-refractivity contribution is 5.53. The molecule has 3 heteroatoms. The molecule has 2 aliphatic rings. The zero-order valence-electron chi connectivity index (χ0n) is 12.4. The predicted molar refractivity (Wildman–Crippen MR) is 80.4 cm³/mol. The van der Waals surface area contributed by atoms with E-state index in [-0.39, 0.29) is 5.41 Å². The summed E-state index contributed by atoms with van der Waals surface area (Å²) >= 11 is 0. The Morgan fingerprint density at radius 3 is 3.00 bits per heavy atom. The molecular weight excluding hydrogens is 250 g/mol. The predicted octanol–water partition coefficient (Wildman–Crippen LogP) is 3.08. The van der Waals surface area contributed by atoms with Crippen molar-refractivity contribution in [2.75, 3.05) is 27.2 Å². The van der Waals surface area contributed by atoms with Gasteiger partial charge in [-0.25, -0.2) is 0 Å². The standard InChI is InChI=1S/C17H23NO2/c1-18-11-9-13-6-3-4-10-17(13,12-18)14-7-5-8-15(20-2)16(14)19/h5-8,19H,3-4,9-12H2,1-2H3. The Balaban J connectivity index is 2.13. The molecule has 1 heterocycles. The zero-order valence-corrected chi connectivity index (χ0v) is 12.4. The lowest BCUT2D eigenvalue weighted by Crippen LogP contribution is -2.47. The summed E-state index contributed by atoms with van der Waals surface area (Å²) in [6.45, 7) is 2.10. The summed E-state index contributed by atoms with van der Waals surface area (Å²) < 4.78 is 5.30. The number of hydrogen-bond donors (Lipinski definition) is 1. The maximum Gasteiger partial charge on any atom is 0.161 e. The summed E-state index contributed by atoms with van der Waals surface area (Å²) in [5.74, 6) is 0.896. The van der Waals surface area contributed by atoms with Crippen molar-refractivity contribution in [1.29, 1.82) is 0 Å². The molecule has 3 rings (SSSR count). The maximum absolute atomic E-state index is 10.6. The first kappa shape index (κ1) is 13.5. The SMILES string of the molecule is COc1cccc(C23CCCC=C2CCN(C)C3)c1O. The number of hydrogen-bond acceptors (Lipinski definition) is 3. The number of piperidine rings is 1. The number of likely N-dealkylation sites (tertiary alicyclic amines) is 1. The van der Waals surface area contributed by atoms with E-state index < -0.39 is 0 Å². The van der Waals surface area contributed by atoms with Crippen LogP contribution < -0.4 is 4.74 Å². The summed E-state index contributed by atoms with van der Waals surface area (Å²) in [6, 6.07) is 5.88. The van der Waals surface area contributed by atoms with Gasteiger partial charge in [0.15, 0.2) is 11.5 Å². The molecule has 0 bridgehead atoms. The van der Waals surface area contributed by atoms with Crippen molar-refractivity contribution in [1.82, 2.24) is 4.90 Å². The number of nitrogens with zero attached hydrogens (tertiary/aromatic N) is 1. The topological polar surface area (TPSA) is 32.7 Å². The summed E-state index contributed by atoms with van der Waals surface area (Å²) in [5, 5.41) is 10.6. The van der Waals surface area contributed by atoms with E-state index in [0.29, 0.717) is 11.5 Å². The zero-order chi connectivity index (χ0) is 14.2. The van der Waals surface area contributed by atoms with Gasteiger partial charge in [0.05, 0.1) is 7.11 Å². The van der Waals surface area contributed by atoms with Crippen molar-refractivity contribution in [3.8, 4) is 11.5 Å². The number of phenolic OH excluding ortho intramolecular Hbond substituents is 1. The molecule has 0 aromatic heterocycles. The molecule has 0 spiro atoms. The van der Waals surface area contributed by atoms with E-state index in [9.17, 15) is 5.11 Å². The van der Waals surface area contributed by atoms with Gasteiger partial charge < -0.3 is 14.7 Å². The fourth-order valence-electron chi connectivity index (χ4n) is 3.88. The molecule has 3 nitrogen and oxygen atoms in total. The highest BCUT2D eigenvalue weighted by Crippen LogP contribution is 2.49. The highest BCUT2D eigenvalue weighted by Gasteiger charge is 2.42. The first-order valence-electron chi connectivity index (χ1n) is 7.42. The Labute approximate surface area is 120 Å². The highest BCUT2D eigenvalue weighted by atomic mass is 16.5. The van der Waals surface area contributed by atoms with Gasteiger partial charge in [0.1, 0.15) is 0 Å². The van der Waals surface area contributed by atoms with Crippen molar-refractivity contribution < 1.29 is 9.84 Å². The molecule has 1 atom stereocenters. The Bertz CT molecular complexity index is 538. The minimum Gasteiger partial charge on any atom is -0.504 e. The number of ether oxygens (including phenoxy) is 1. The van der Waals surface area contributed by atoms with Gasteiger partial charge in [-0.3, -0.25) is 0 Å². The number of aromatic hydroxyl groups is 1. The van der Waals surface area contributed by atoms with Gasteiger partial charge in [-0.15, -0.1) is 0 Å². The van der Waals surface area contributed by atoms with Crippen LogP contribution in [-0.4, -0.2) is 37.3 Å². The van der Waals surface area contributed by atoms with E-state index in [2.05, 4.69) is 24.1 Å². The Kier molecular flexibility index (Phi) is 3.47. The number of fused-ring (bicyclic) bond motifs is 1. The summed E-state index contributed by atoms with van der Waals surface area (Å²) in [7, 11) is 3.78. The minimum absolute atomic E-state index is 0.0239. The Hall–Kier alpha value is -1.48. The van der Waals surface area contributed by atoms with Gasteiger partial charge in [0.25, 0.3) is 0 Å². The van der Waals surface area contributed by atoms with E-state index in [4.69, 9.17) is 4.74 Å². The van der Waals surface area contributed by atoms with Crippen LogP contribution in [0.1, 0.15) is 31.2 Å². The largest absolute Gasteiger partial charge is 0.504 e. The number of benzene rings is 1. The molecule has 0 radical (unpaired) electrons. The van der Waals surface area contributed by atoms with Gasteiger partial charge in [-0.05, 0) is 38.8 Å². The van der Waals surface area contributed by atoms with Crippen molar-refractivity contribution >= 4 is 0 Å². The molecule has 1 aromatic rings. The number of para-hydroxylation sites is 1. The fraction of sp³-hybridized carbons (Fsp3) is 0.529. The van der Waals surface area contributed by atoms with Crippen molar-refractivity contribution in [3.05, 3.63) is 35.4 Å². The second kappa shape index (κ2) is 5.13. The lowest BCUT2D eigenvalue weighted by molar-refractivity contribution is 0.205. The molecule has 1 unspecified atom stereocenters. The van der Waals surface area contributed by atoms with Gasteiger partial charge >= 0.3 is 0 Å². The third-order valence-electron chi connectivity index (χ3n) is 4.85. The van der Waals surface area contributed by atoms with E-state index in [0.717, 1.165) is 31.5 Å². The average molecular weight is 273 g/mol. The molecule has 1 aliphatic carbocycles. The van der Waals surface area contributed by atoms with Crippen LogP contribution in [0, 0.1) is 0 Å². The molecule has 1 aliphatic heterocycles. The van der Waals surface area contributed by atoms with Crippen LogP contribution >= 0.6 is 0 Å². The average Bonchev–Trinajstić information content (AvgIpc) is 2.47. The summed E-state index contributed by atoms with van der Waals surface area (Å²) in [5.41, 5.74) is 2.52. The second-order valence-corrected chi connectivity index (χ2v) is 6.05. The van der Waals surface area contributed by atoms with Crippen LogP contribution in [0.25, 0.3) is 0 Å². The van der Waals surface area contributed by atoms with Gasteiger partial charge in [0, 0.05) is 24.1 Å². The molecule has 1 fully saturated rings. The van der Waals surface area contributed by atoms with E-state index in [1.54, 1.807) is 7.11 Å². The maximum atomic E-state index is 10.6. The normalized spacial score (nSPS) is 26.8. The lowest BCUT2D eigenvalue weighted by Gasteiger charge is -2.46. The molecule has 1 saturated heterocycles. The van der Waals surface area contributed by atoms with E-state index in [1.807, 2.05) is 12.1 Å². The Morgan fingerprint density at radius 1 is 1.35 bits per heavy atom. The van der Waals surface area contributed by atoms with Crippen molar-refractivity contribution in [2.24, 2.45) is 0 Å². The van der Waals surface area contributed by atoms with Crippen LogP contribution in [0.15, 0.2) is 29.8 Å². The van der Waals surface area contributed by atoms with E-state index >= 15 is 0 Å². The monoisotopic (exact) mass is 273 g/mol. The van der Waals surface area contributed by atoms with Crippen LogP contribution in [0.4, 0.5) is 0 Å². The third-order valence-corrected chi connectivity index (χ3v) is 4.85. The molecule has 0 saturated carbocycles. The Morgan fingerprint density at radius 2 is 2.20 bits per heavy atom. The lowest BCUT2D eigenvalue weighted by atomic mass is 9.64. The van der Waals surface area contributed by atoms with Crippen LogP contribution in [0.3, 0.4) is 0 Å². The number of phenols is 1. The van der Waals surface area contributed by atoms with Gasteiger partial charge in [-0.1, -0.05) is 23.8 Å². The van der Waals surface area contributed by atoms with Crippen molar-refractivity contribution in [3.63, 3.8) is 0 Å². The van der Waals surface area contributed by atoms with Crippen LogP contribution in [0.2, 0.25) is 0 Å². The number of likely N-dealkylation sites (N-methyl/N-ethyl adjacent to an activating group) is 1. The van der Waals surface area contributed by atoms with E-state index in [1.165, 1.54) is 18.4 Å². The van der Waals surface area contributed by atoms with Crippen molar-refractivity contribution in [2.45, 2.75) is 31.1 Å². The molecule has 20 heavy (non-hydrogen) atoms. The van der Waals surface area contributed by atoms with Crippen LogP contribution in [-0.2, 0) is 5.41 Å². The third kappa shape index (κ3) is 2.01. The first-order valence-corrected chi connectivity index (χ1v) is 7.42. The molecule has 1 aromatic carbocycles. The number of rotatable bonds is 2. The van der Waals surface area contributed by atoms with Crippen LogP contribution in [0.5, 0.6) is 11.5 Å². The van der Waals surface area contributed by atoms with Gasteiger partial charge in [0.2, 0.25) is 0 Å². The molecule has 108 valence electrons. The molecule has 0 amide bonds.